The average Bonchev–Trinajstić information content (AvgIpc) is 3.00. The molecule has 0 atom stereocenters. The van der Waals surface area contributed by atoms with E-state index in [1.165, 1.54) is 0 Å². The number of para-hydroxylation sites is 1. The highest BCUT2D eigenvalue weighted by Gasteiger charge is 2.32. The van der Waals surface area contributed by atoms with Crippen molar-refractivity contribution in [2.24, 2.45) is 0 Å². The van der Waals surface area contributed by atoms with Crippen LogP contribution in [-0.2, 0) is 10.2 Å². The summed E-state index contributed by atoms with van der Waals surface area (Å²) in [5, 5.41) is 4.05. The molecule has 0 saturated heterocycles. The van der Waals surface area contributed by atoms with Gasteiger partial charge in [-0.05, 0) is 56.2 Å². The summed E-state index contributed by atoms with van der Waals surface area (Å²) >= 11 is 0. The molecule has 0 spiro atoms. The van der Waals surface area contributed by atoms with Crippen molar-refractivity contribution in [1.29, 1.82) is 0 Å². The molecule has 0 unspecified atom stereocenters. The fourth-order valence-electron chi connectivity index (χ4n) is 2.86. The molecule has 3 rings (SSSR count). The van der Waals surface area contributed by atoms with E-state index in [1.807, 2.05) is 69.4 Å². The maximum Gasteiger partial charge on any atom is 0.234 e. The number of aromatic nitrogens is 1. The minimum absolute atomic E-state index is 0.0412. The van der Waals surface area contributed by atoms with Crippen LogP contribution in [0.15, 0.2) is 48.7 Å². The molecule has 0 aliphatic carbocycles. The van der Waals surface area contributed by atoms with Gasteiger partial charge < -0.3 is 15.0 Å². The summed E-state index contributed by atoms with van der Waals surface area (Å²) in [4.78, 5) is 16.2. The molecule has 4 heteroatoms. The van der Waals surface area contributed by atoms with Crippen LogP contribution in [0.3, 0.4) is 0 Å². The Bertz CT molecular complexity index is 894. The number of rotatable bonds is 4. The van der Waals surface area contributed by atoms with E-state index in [0.717, 1.165) is 33.5 Å². The van der Waals surface area contributed by atoms with Crippen LogP contribution in [0.1, 0.15) is 25.0 Å². The minimum Gasteiger partial charge on any atom is -0.497 e. The molecule has 24 heavy (non-hydrogen) atoms. The Morgan fingerprint density at radius 3 is 2.62 bits per heavy atom. The van der Waals surface area contributed by atoms with Gasteiger partial charge >= 0.3 is 0 Å². The number of fused-ring (bicyclic) bond motifs is 1. The second-order valence-corrected chi connectivity index (χ2v) is 6.51. The molecule has 0 aliphatic heterocycles. The maximum absolute atomic E-state index is 12.9. The smallest absolute Gasteiger partial charge is 0.234 e. The lowest BCUT2D eigenvalue weighted by atomic mass is 9.83. The Balaban J connectivity index is 1.98. The Labute approximate surface area is 141 Å². The van der Waals surface area contributed by atoms with E-state index in [0.29, 0.717) is 0 Å². The van der Waals surface area contributed by atoms with E-state index >= 15 is 0 Å². The lowest BCUT2D eigenvalue weighted by molar-refractivity contribution is -0.120. The minimum atomic E-state index is -0.688. The predicted molar refractivity (Wildman–Crippen MR) is 97.7 cm³/mol. The third-order valence-corrected chi connectivity index (χ3v) is 4.52. The topological polar surface area (TPSA) is 54.1 Å². The number of carbonyl (C=O) groups is 1. The molecule has 1 aromatic heterocycles. The lowest BCUT2D eigenvalue weighted by Gasteiger charge is -2.24. The Hall–Kier alpha value is -2.75. The number of H-pyrrole nitrogens is 1. The molecule has 3 aromatic rings. The van der Waals surface area contributed by atoms with Gasteiger partial charge in [-0.15, -0.1) is 0 Å². The Morgan fingerprint density at radius 1 is 1.17 bits per heavy atom. The van der Waals surface area contributed by atoms with Crippen molar-refractivity contribution in [3.63, 3.8) is 0 Å². The normalized spacial score (nSPS) is 11.5. The Kier molecular flexibility index (Phi) is 4.06. The summed E-state index contributed by atoms with van der Waals surface area (Å²) in [6.45, 7) is 5.85. The average molecular weight is 322 g/mol. The van der Waals surface area contributed by atoms with Crippen LogP contribution in [-0.4, -0.2) is 18.0 Å². The number of benzene rings is 2. The lowest BCUT2D eigenvalue weighted by Crippen LogP contribution is -2.34. The summed E-state index contributed by atoms with van der Waals surface area (Å²) in [5.41, 5.74) is 3.13. The van der Waals surface area contributed by atoms with Gasteiger partial charge in [-0.3, -0.25) is 4.79 Å². The molecule has 0 radical (unpaired) electrons. The van der Waals surface area contributed by atoms with Crippen molar-refractivity contribution in [1.82, 2.24) is 4.98 Å². The van der Waals surface area contributed by atoms with Gasteiger partial charge in [0.2, 0.25) is 5.91 Å². The van der Waals surface area contributed by atoms with Crippen LogP contribution in [0, 0.1) is 6.92 Å². The first-order valence-corrected chi connectivity index (χ1v) is 7.96. The summed E-state index contributed by atoms with van der Waals surface area (Å²) in [5.74, 6) is 0.735. The van der Waals surface area contributed by atoms with Gasteiger partial charge in [0.05, 0.1) is 12.5 Å². The van der Waals surface area contributed by atoms with Crippen molar-refractivity contribution in [2.75, 3.05) is 12.4 Å². The van der Waals surface area contributed by atoms with Crippen molar-refractivity contribution >= 4 is 22.5 Å². The highest BCUT2D eigenvalue weighted by Crippen LogP contribution is 2.33. The second kappa shape index (κ2) is 6.04. The van der Waals surface area contributed by atoms with Crippen molar-refractivity contribution in [3.8, 4) is 5.75 Å². The number of nitrogens with one attached hydrogen (secondary N) is 2. The first kappa shape index (κ1) is 16.1. The number of hydrogen-bond donors (Lipinski definition) is 2. The van der Waals surface area contributed by atoms with Gasteiger partial charge in [-0.1, -0.05) is 18.2 Å². The summed E-state index contributed by atoms with van der Waals surface area (Å²) in [6.07, 6.45) is 1.90. The third kappa shape index (κ3) is 2.75. The number of methoxy groups -OCH3 is 1. The SMILES string of the molecule is COc1ccc2[nH]cc(C(C)(C)C(=O)Nc3ccccc3C)c2c1. The molecule has 0 saturated carbocycles. The summed E-state index contributed by atoms with van der Waals surface area (Å²) in [6, 6.07) is 13.6. The molecule has 124 valence electrons. The zero-order valence-corrected chi connectivity index (χ0v) is 14.4. The van der Waals surface area contributed by atoms with Crippen LogP contribution in [0.5, 0.6) is 5.75 Å². The highest BCUT2D eigenvalue weighted by atomic mass is 16.5. The van der Waals surface area contributed by atoms with Crippen molar-refractivity contribution < 1.29 is 9.53 Å². The fourth-order valence-corrected chi connectivity index (χ4v) is 2.86. The first-order valence-electron chi connectivity index (χ1n) is 7.96. The van der Waals surface area contributed by atoms with Gasteiger partial charge in [0.1, 0.15) is 5.75 Å². The summed E-state index contributed by atoms with van der Waals surface area (Å²) < 4.78 is 5.32. The number of carbonyl (C=O) groups excluding carboxylic acids is 1. The molecular weight excluding hydrogens is 300 g/mol. The summed E-state index contributed by atoms with van der Waals surface area (Å²) in [7, 11) is 1.64. The van der Waals surface area contributed by atoms with Crippen LogP contribution < -0.4 is 10.1 Å². The molecule has 1 amide bonds. The van der Waals surface area contributed by atoms with E-state index in [-0.39, 0.29) is 5.91 Å². The molecule has 1 heterocycles. The van der Waals surface area contributed by atoms with Gasteiger partial charge in [-0.25, -0.2) is 0 Å². The van der Waals surface area contributed by atoms with Gasteiger partial charge in [-0.2, -0.15) is 0 Å². The number of aromatic amines is 1. The van der Waals surface area contributed by atoms with E-state index in [2.05, 4.69) is 10.3 Å². The highest BCUT2D eigenvalue weighted by molar-refractivity contribution is 6.02. The van der Waals surface area contributed by atoms with E-state index in [9.17, 15) is 4.79 Å². The molecule has 2 N–H and O–H groups in total. The van der Waals surface area contributed by atoms with Crippen molar-refractivity contribution in [3.05, 3.63) is 59.8 Å². The van der Waals surface area contributed by atoms with Gasteiger partial charge in [0.15, 0.2) is 0 Å². The molecule has 2 aromatic carbocycles. The van der Waals surface area contributed by atoms with Gasteiger partial charge in [0.25, 0.3) is 0 Å². The number of anilines is 1. The number of amides is 1. The van der Waals surface area contributed by atoms with Crippen LogP contribution in [0.25, 0.3) is 10.9 Å². The van der Waals surface area contributed by atoms with Gasteiger partial charge in [0, 0.05) is 22.8 Å². The predicted octanol–water partition coefficient (Wildman–Crippen LogP) is 4.40. The molecule has 0 fully saturated rings. The largest absolute Gasteiger partial charge is 0.497 e. The van der Waals surface area contributed by atoms with E-state index in [1.54, 1.807) is 7.11 Å². The zero-order valence-electron chi connectivity index (χ0n) is 14.4. The maximum atomic E-state index is 12.9. The number of aryl methyl sites for hydroxylation is 1. The van der Waals surface area contributed by atoms with Crippen LogP contribution >= 0.6 is 0 Å². The third-order valence-electron chi connectivity index (χ3n) is 4.52. The monoisotopic (exact) mass is 322 g/mol. The van der Waals surface area contributed by atoms with Crippen LogP contribution in [0.4, 0.5) is 5.69 Å². The second-order valence-electron chi connectivity index (χ2n) is 6.51. The van der Waals surface area contributed by atoms with Crippen LogP contribution in [0.2, 0.25) is 0 Å². The quantitative estimate of drug-likeness (QED) is 0.748. The fraction of sp³-hybridized carbons (Fsp3) is 0.250. The van der Waals surface area contributed by atoms with E-state index in [4.69, 9.17) is 4.74 Å². The number of hydrogen-bond acceptors (Lipinski definition) is 2. The molecular formula is C20H22N2O2. The first-order chi connectivity index (χ1) is 11.4. The zero-order chi connectivity index (χ0) is 17.3. The number of ether oxygens (including phenoxy) is 1. The standard InChI is InChI=1S/C20H22N2O2/c1-13-7-5-6-8-17(13)22-19(23)20(2,3)16-12-21-18-10-9-14(24-4)11-15(16)18/h5-12,21H,1-4H3,(H,22,23). The van der Waals surface area contributed by atoms with Crippen molar-refractivity contribution in [2.45, 2.75) is 26.2 Å². The molecule has 4 nitrogen and oxygen atoms in total. The Morgan fingerprint density at radius 2 is 1.92 bits per heavy atom. The molecule has 0 bridgehead atoms. The molecule has 0 aliphatic rings. The van der Waals surface area contributed by atoms with E-state index < -0.39 is 5.41 Å².